The fraction of sp³-hybridized carbons (Fsp3) is 0.143. The van der Waals surface area contributed by atoms with Gasteiger partial charge in [-0.15, -0.1) is 0 Å². The van der Waals surface area contributed by atoms with Crippen molar-refractivity contribution in [1.82, 2.24) is 0 Å². The molecular weight excluding hydrogens is 407 g/mol. The van der Waals surface area contributed by atoms with Crippen molar-refractivity contribution in [1.29, 1.82) is 0 Å². The van der Waals surface area contributed by atoms with Crippen LogP contribution in [0.15, 0.2) is 33.2 Å². The van der Waals surface area contributed by atoms with Crippen LogP contribution < -0.4 is 15.8 Å². The summed E-state index contributed by atoms with van der Waals surface area (Å²) in [5, 5.41) is 3.85. The summed E-state index contributed by atoms with van der Waals surface area (Å²) in [7, 11) is 1.63. The van der Waals surface area contributed by atoms with E-state index >= 15 is 0 Å². The zero-order valence-electron chi connectivity index (χ0n) is 10.9. The van der Waals surface area contributed by atoms with Crippen LogP contribution in [0.4, 0.5) is 17.1 Å². The van der Waals surface area contributed by atoms with Crippen molar-refractivity contribution >= 4 is 60.5 Å². The summed E-state index contributed by atoms with van der Waals surface area (Å²) < 4.78 is 7.09. The van der Waals surface area contributed by atoms with Crippen LogP contribution in [0.25, 0.3) is 0 Å². The van der Waals surface area contributed by atoms with Gasteiger partial charge in [0.05, 0.1) is 28.0 Å². The molecule has 0 spiro atoms. The molecule has 0 bridgehead atoms. The van der Waals surface area contributed by atoms with Crippen molar-refractivity contribution in [2.75, 3.05) is 18.2 Å². The van der Waals surface area contributed by atoms with E-state index in [1.807, 2.05) is 31.2 Å². The number of hydrogen-bond acceptors (Lipinski definition) is 3. The number of nitrogens with one attached hydrogen (secondary N) is 1. The first-order valence-electron chi connectivity index (χ1n) is 5.78. The average molecular weight is 421 g/mol. The first-order valence-corrected chi connectivity index (χ1v) is 7.74. The molecule has 6 heteroatoms. The number of hydrogen-bond donors (Lipinski definition) is 2. The Hall–Kier alpha value is -0.910. The minimum atomic E-state index is 0.526. The minimum absolute atomic E-state index is 0.526. The first-order chi connectivity index (χ1) is 9.42. The smallest absolute Gasteiger partial charge is 0.135 e. The second-order valence-electron chi connectivity index (χ2n) is 4.28. The highest BCUT2D eigenvalue weighted by atomic mass is 79.9. The Labute approximate surface area is 139 Å². The molecule has 0 aliphatic heterocycles. The third-order valence-corrected chi connectivity index (χ3v) is 4.46. The average Bonchev–Trinajstić information content (AvgIpc) is 2.38. The molecule has 0 unspecified atom stereocenters. The van der Waals surface area contributed by atoms with Gasteiger partial charge >= 0.3 is 0 Å². The number of aryl methyl sites for hydroxylation is 1. The number of ether oxygens (including phenoxy) is 1. The molecule has 0 saturated heterocycles. The van der Waals surface area contributed by atoms with Crippen molar-refractivity contribution in [2.45, 2.75) is 6.92 Å². The molecule has 0 aromatic heterocycles. The van der Waals surface area contributed by atoms with Crippen molar-refractivity contribution in [3.8, 4) is 5.75 Å². The van der Waals surface area contributed by atoms with E-state index in [0.717, 1.165) is 31.6 Å². The fourth-order valence-electron chi connectivity index (χ4n) is 1.76. The Bertz CT molecular complexity index is 662. The van der Waals surface area contributed by atoms with Gasteiger partial charge in [-0.25, -0.2) is 0 Å². The van der Waals surface area contributed by atoms with E-state index in [-0.39, 0.29) is 0 Å². The summed E-state index contributed by atoms with van der Waals surface area (Å²) in [5.41, 5.74) is 9.15. The normalized spacial score (nSPS) is 10.4. The first kappa shape index (κ1) is 15.5. The van der Waals surface area contributed by atoms with Crippen LogP contribution in [0.1, 0.15) is 5.56 Å². The van der Waals surface area contributed by atoms with Crippen LogP contribution in [-0.4, -0.2) is 7.11 Å². The molecule has 2 aromatic carbocycles. The van der Waals surface area contributed by atoms with Gasteiger partial charge < -0.3 is 15.8 Å². The van der Waals surface area contributed by atoms with E-state index in [4.69, 9.17) is 22.1 Å². The zero-order valence-corrected chi connectivity index (χ0v) is 14.9. The highest BCUT2D eigenvalue weighted by Gasteiger charge is 2.10. The molecular formula is C14H13Br2ClN2O. The topological polar surface area (TPSA) is 47.3 Å². The van der Waals surface area contributed by atoms with Crippen molar-refractivity contribution in [3.63, 3.8) is 0 Å². The van der Waals surface area contributed by atoms with Gasteiger partial charge in [-0.05, 0) is 62.5 Å². The van der Waals surface area contributed by atoms with E-state index in [9.17, 15) is 0 Å². The minimum Gasteiger partial charge on any atom is -0.495 e. The maximum Gasteiger partial charge on any atom is 0.135 e. The third kappa shape index (κ3) is 3.22. The largest absolute Gasteiger partial charge is 0.495 e. The molecule has 0 aliphatic carbocycles. The van der Waals surface area contributed by atoms with Gasteiger partial charge in [-0.1, -0.05) is 11.6 Å². The number of methoxy groups -OCH3 is 1. The molecule has 0 heterocycles. The van der Waals surface area contributed by atoms with Gasteiger partial charge in [0.2, 0.25) is 0 Å². The summed E-state index contributed by atoms with van der Waals surface area (Å²) in [6, 6.07) is 7.48. The Balaban J connectivity index is 2.42. The fourth-order valence-corrected chi connectivity index (χ4v) is 3.18. The second-order valence-corrected chi connectivity index (χ2v) is 6.40. The Kier molecular flexibility index (Phi) is 4.83. The Morgan fingerprint density at radius 3 is 2.45 bits per heavy atom. The van der Waals surface area contributed by atoms with Gasteiger partial charge in [0.15, 0.2) is 0 Å². The number of nitrogens with two attached hydrogens (primary N) is 1. The summed E-state index contributed by atoms with van der Waals surface area (Å²) >= 11 is 13.0. The van der Waals surface area contributed by atoms with Crippen LogP contribution in [-0.2, 0) is 0 Å². The molecule has 20 heavy (non-hydrogen) atoms. The molecule has 3 nitrogen and oxygen atoms in total. The van der Waals surface area contributed by atoms with Crippen LogP contribution >= 0.6 is 43.5 Å². The van der Waals surface area contributed by atoms with E-state index in [1.54, 1.807) is 7.11 Å². The lowest BCUT2D eigenvalue weighted by Gasteiger charge is -2.14. The van der Waals surface area contributed by atoms with E-state index in [0.29, 0.717) is 10.7 Å². The van der Waals surface area contributed by atoms with E-state index in [2.05, 4.69) is 37.2 Å². The summed E-state index contributed by atoms with van der Waals surface area (Å²) in [6.07, 6.45) is 0. The molecule has 2 rings (SSSR count). The maximum atomic E-state index is 6.07. The standard InChI is InChI=1S/C14H13Br2ClN2O/c1-7-3-11(18)10(17)5-12(7)19-13-6-14(20-2)9(16)4-8(13)15/h3-6,19H,18H2,1-2H3. The van der Waals surface area contributed by atoms with Crippen molar-refractivity contribution < 1.29 is 4.74 Å². The SMILES string of the molecule is COc1cc(Nc2cc(Cl)c(N)cc2C)c(Br)cc1Br. The summed E-state index contributed by atoms with van der Waals surface area (Å²) in [4.78, 5) is 0. The molecule has 0 saturated carbocycles. The maximum absolute atomic E-state index is 6.07. The molecule has 0 radical (unpaired) electrons. The van der Waals surface area contributed by atoms with Gasteiger partial charge in [0, 0.05) is 16.2 Å². The molecule has 0 fully saturated rings. The van der Waals surface area contributed by atoms with Crippen LogP contribution in [0.2, 0.25) is 5.02 Å². The molecule has 3 N–H and O–H groups in total. The van der Waals surface area contributed by atoms with E-state index < -0.39 is 0 Å². The lowest BCUT2D eigenvalue weighted by Crippen LogP contribution is -1.97. The van der Waals surface area contributed by atoms with Crippen molar-refractivity contribution in [2.24, 2.45) is 0 Å². The quantitative estimate of drug-likeness (QED) is 0.644. The van der Waals surface area contributed by atoms with Crippen molar-refractivity contribution in [3.05, 3.63) is 43.8 Å². The molecule has 0 atom stereocenters. The highest BCUT2D eigenvalue weighted by molar-refractivity contribution is 9.11. The molecule has 2 aromatic rings. The summed E-state index contributed by atoms with van der Waals surface area (Å²) in [5.74, 6) is 0.745. The van der Waals surface area contributed by atoms with Gasteiger partial charge in [-0.3, -0.25) is 0 Å². The zero-order chi connectivity index (χ0) is 14.9. The Morgan fingerprint density at radius 2 is 1.80 bits per heavy atom. The van der Waals surface area contributed by atoms with Gasteiger partial charge in [0.1, 0.15) is 5.75 Å². The predicted molar refractivity (Wildman–Crippen MR) is 92.3 cm³/mol. The number of nitrogen functional groups attached to an aromatic ring is 1. The monoisotopic (exact) mass is 418 g/mol. The predicted octanol–water partition coefficient (Wildman–Crippen LogP) is 5.51. The number of benzene rings is 2. The van der Waals surface area contributed by atoms with Gasteiger partial charge in [0.25, 0.3) is 0 Å². The number of halogens is 3. The number of anilines is 3. The number of rotatable bonds is 3. The third-order valence-electron chi connectivity index (χ3n) is 2.85. The lowest BCUT2D eigenvalue weighted by atomic mass is 10.1. The van der Waals surface area contributed by atoms with Gasteiger partial charge in [-0.2, -0.15) is 0 Å². The molecule has 106 valence electrons. The van der Waals surface area contributed by atoms with Crippen LogP contribution in [0.5, 0.6) is 5.75 Å². The second kappa shape index (κ2) is 6.24. The Morgan fingerprint density at radius 1 is 1.10 bits per heavy atom. The van der Waals surface area contributed by atoms with Crippen LogP contribution in [0.3, 0.4) is 0 Å². The van der Waals surface area contributed by atoms with Crippen LogP contribution in [0, 0.1) is 6.92 Å². The molecule has 0 aliphatic rings. The highest BCUT2D eigenvalue weighted by Crippen LogP contribution is 2.37. The molecule has 0 amide bonds. The van der Waals surface area contributed by atoms with E-state index in [1.165, 1.54) is 0 Å². The lowest BCUT2D eigenvalue weighted by molar-refractivity contribution is 0.412. The summed E-state index contributed by atoms with van der Waals surface area (Å²) in [6.45, 7) is 1.97.